The second kappa shape index (κ2) is 4.64. The maximum Gasteiger partial charge on any atom is -0.0143 e. The molecule has 1 aliphatic carbocycles. The Bertz CT molecular complexity index is 190. The Kier molecular flexibility index (Phi) is 3.77. The third-order valence-electron chi connectivity index (χ3n) is 3.44. The van der Waals surface area contributed by atoms with Gasteiger partial charge in [0, 0.05) is 0 Å². The first-order valence-electron chi connectivity index (χ1n) is 5.49. The molecule has 3 unspecified atom stereocenters. The maximum atomic E-state index is 4.17. The standard InChI is InChI=1S/C13H22/c1-5-11(4)13-8-7-10(3)9-12(13)6-2/h6,10,12-13H,2,4-5,7-9H2,1,3H3. The summed E-state index contributed by atoms with van der Waals surface area (Å²) < 4.78 is 0. The van der Waals surface area contributed by atoms with E-state index in [1.165, 1.54) is 24.8 Å². The summed E-state index contributed by atoms with van der Waals surface area (Å²) in [5, 5.41) is 0. The van der Waals surface area contributed by atoms with Gasteiger partial charge in [0.25, 0.3) is 0 Å². The lowest BCUT2D eigenvalue weighted by Crippen LogP contribution is -2.23. The van der Waals surface area contributed by atoms with E-state index < -0.39 is 0 Å². The number of hydrogen-bond acceptors (Lipinski definition) is 0. The molecule has 1 aliphatic rings. The van der Waals surface area contributed by atoms with E-state index in [4.69, 9.17) is 0 Å². The third-order valence-corrected chi connectivity index (χ3v) is 3.44. The van der Waals surface area contributed by atoms with Crippen molar-refractivity contribution in [3.8, 4) is 0 Å². The van der Waals surface area contributed by atoms with Crippen molar-refractivity contribution in [1.82, 2.24) is 0 Å². The quantitative estimate of drug-likeness (QED) is 0.568. The van der Waals surface area contributed by atoms with Crippen LogP contribution in [0.4, 0.5) is 0 Å². The van der Waals surface area contributed by atoms with Crippen LogP contribution in [-0.4, -0.2) is 0 Å². The lowest BCUT2D eigenvalue weighted by Gasteiger charge is -2.34. The molecule has 3 atom stereocenters. The molecule has 1 fully saturated rings. The van der Waals surface area contributed by atoms with Gasteiger partial charge in [-0.2, -0.15) is 0 Å². The Labute approximate surface area is 82.7 Å². The molecule has 0 aromatic carbocycles. The summed E-state index contributed by atoms with van der Waals surface area (Å²) in [7, 11) is 0. The first-order valence-corrected chi connectivity index (χ1v) is 5.49. The molecule has 0 nitrogen and oxygen atoms in total. The number of allylic oxidation sites excluding steroid dienone is 2. The fourth-order valence-corrected chi connectivity index (χ4v) is 2.45. The first-order chi connectivity index (χ1) is 6.19. The van der Waals surface area contributed by atoms with Crippen LogP contribution in [0.3, 0.4) is 0 Å². The summed E-state index contributed by atoms with van der Waals surface area (Å²) in [5.41, 5.74) is 1.43. The van der Waals surface area contributed by atoms with Crippen molar-refractivity contribution >= 4 is 0 Å². The minimum Gasteiger partial charge on any atom is -0.103 e. The Morgan fingerprint density at radius 3 is 2.69 bits per heavy atom. The van der Waals surface area contributed by atoms with Crippen LogP contribution in [0.1, 0.15) is 39.5 Å². The zero-order valence-corrected chi connectivity index (χ0v) is 9.05. The average molecular weight is 178 g/mol. The topological polar surface area (TPSA) is 0 Å². The van der Waals surface area contributed by atoms with Crippen molar-refractivity contribution in [2.75, 3.05) is 0 Å². The van der Waals surface area contributed by atoms with Gasteiger partial charge in [-0.3, -0.25) is 0 Å². The second-order valence-electron chi connectivity index (χ2n) is 4.44. The SMILES string of the molecule is C=CC1CC(C)CCC1C(=C)CC. The molecule has 1 rings (SSSR count). The van der Waals surface area contributed by atoms with E-state index in [1.54, 1.807) is 0 Å². The molecule has 0 amide bonds. The summed E-state index contributed by atoms with van der Waals surface area (Å²) in [6, 6.07) is 0. The van der Waals surface area contributed by atoms with Gasteiger partial charge in [0.05, 0.1) is 0 Å². The minimum absolute atomic E-state index is 0.691. The highest BCUT2D eigenvalue weighted by Gasteiger charge is 2.27. The van der Waals surface area contributed by atoms with E-state index in [0.29, 0.717) is 5.92 Å². The smallest absolute Gasteiger partial charge is 0.0143 e. The first kappa shape index (κ1) is 10.6. The molecule has 13 heavy (non-hydrogen) atoms. The van der Waals surface area contributed by atoms with Gasteiger partial charge < -0.3 is 0 Å². The van der Waals surface area contributed by atoms with Crippen molar-refractivity contribution in [2.24, 2.45) is 17.8 Å². The Hall–Kier alpha value is -0.520. The molecule has 0 spiro atoms. The van der Waals surface area contributed by atoms with Crippen LogP contribution < -0.4 is 0 Å². The van der Waals surface area contributed by atoms with Gasteiger partial charge in [0.15, 0.2) is 0 Å². The third kappa shape index (κ3) is 2.46. The van der Waals surface area contributed by atoms with E-state index in [-0.39, 0.29) is 0 Å². The molecule has 0 aromatic heterocycles. The Morgan fingerprint density at radius 1 is 1.46 bits per heavy atom. The highest BCUT2D eigenvalue weighted by Crippen LogP contribution is 2.38. The molecule has 1 saturated carbocycles. The zero-order valence-electron chi connectivity index (χ0n) is 9.05. The summed E-state index contributed by atoms with van der Waals surface area (Å²) in [6.45, 7) is 12.7. The van der Waals surface area contributed by atoms with Gasteiger partial charge in [0.2, 0.25) is 0 Å². The van der Waals surface area contributed by atoms with E-state index in [0.717, 1.165) is 18.3 Å². The van der Waals surface area contributed by atoms with Crippen LogP contribution in [0, 0.1) is 17.8 Å². The maximum absolute atomic E-state index is 4.17. The molecule has 0 N–H and O–H groups in total. The van der Waals surface area contributed by atoms with Gasteiger partial charge in [-0.15, -0.1) is 6.58 Å². The summed E-state index contributed by atoms with van der Waals surface area (Å²) >= 11 is 0. The van der Waals surface area contributed by atoms with Crippen LogP contribution in [0.5, 0.6) is 0 Å². The van der Waals surface area contributed by atoms with Crippen LogP contribution in [0.25, 0.3) is 0 Å². The van der Waals surface area contributed by atoms with Gasteiger partial charge in [-0.25, -0.2) is 0 Å². The van der Waals surface area contributed by atoms with Gasteiger partial charge in [0.1, 0.15) is 0 Å². The fourth-order valence-electron chi connectivity index (χ4n) is 2.45. The van der Waals surface area contributed by atoms with E-state index in [1.807, 2.05) is 0 Å². The molecule has 0 bridgehead atoms. The van der Waals surface area contributed by atoms with Crippen molar-refractivity contribution in [1.29, 1.82) is 0 Å². The highest BCUT2D eigenvalue weighted by atomic mass is 14.3. The molecule has 0 heterocycles. The largest absolute Gasteiger partial charge is 0.103 e. The molecule has 0 radical (unpaired) electrons. The monoisotopic (exact) mass is 178 g/mol. The van der Waals surface area contributed by atoms with Crippen molar-refractivity contribution in [3.63, 3.8) is 0 Å². The zero-order chi connectivity index (χ0) is 9.84. The Morgan fingerprint density at radius 2 is 2.15 bits per heavy atom. The Balaban J connectivity index is 2.62. The van der Waals surface area contributed by atoms with Crippen molar-refractivity contribution in [2.45, 2.75) is 39.5 Å². The lowest BCUT2D eigenvalue weighted by molar-refractivity contribution is 0.255. The van der Waals surface area contributed by atoms with Crippen LogP contribution in [0.2, 0.25) is 0 Å². The predicted octanol–water partition coefficient (Wildman–Crippen LogP) is 4.19. The molecule has 0 aliphatic heterocycles. The van der Waals surface area contributed by atoms with Crippen LogP contribution >= 0.6 is 0 Å². The number of hydrogen-bond donors (Lipinski definition) is 0. The van der Waals surface area contributed by atoms with Gasteiger partial charge in [-0.05, 0) is 37.0 Å². The molecular formula is C13H22. The summed E-state index contributed by atoms with van der Waals surface area (Å²) in [4.78, 5) is 0. The fraction of sp³-hybridized carbons (Fsp3) is 0.692. The average Bonchev–Trinajstić information content (AvgIpc) is 2.16. The van der Waals surface area contributed by atoms with E-state index >= 15 is 0 Å². The summed E-state index contributed by atoms with van der Waals surface area (Å²) in [5.74, 6) is 2.29. The summed E-state index contributed by atoms with van der Waals surface area (Å²) in [6.07, 6.45) is 7.27. The minimum atomic E-state index is 0.691. The lowest BCUT2D eigenvalue weighted by atomic mass is 9.71. The highest BCUT2D eigenvalue weighted by molar-refractivity contribution is 5.07. The predicted molar refractivity (Wildman–Crippen MR) is 59.6 cm³/mol. The second-order valence-corrected chi connectivity index (χ2v) is 4.44. The van der Waals surface area contributed by atoms with Crippen molar-refractivity contribution < 1.29 is 0 Å². The van der Waals surface area contributed by atoms with Crippen LogP contribution in [-0.2, 0) is 0 Å². The normalized spacial score (nSPS) is 34.2. The molecule has 74 valence electrons. The molecule has 0 saturated heterocycles. The van der Waals surface area contributed by atoms with E-state index in [2.05, 4.69) is 33.1 Å². The van der Waals surface area contributed by atoms with Crippen LogP contribution in [0.15, 0.2) is 24.8 Å². The number of rotatable bonds is 3. The molecule has 0 heteroatoms. The van der Waals surface area contributed by atoms with Gasteiger partial charge in [-0.1, -0.05) is 38.5 Å². The molecular weight excluding hydrogens is 156 g/mol. The molecule has 0 aromatic rings. The van der Waals surface area contributed by atoms with Crippen molar-refractivity contribution in [3.05, 3.63) is 24.8 Å². The van der Waals surface area contributed by atoms with E-state index in [9.17, 15) is 0 Å². The van der Waals surface area contributed by atoms with Gasteiger partial charge >= 0.3 is 0 Å².